The van der Waals surface area contributed by atoms with Gasteiger partial charge in [0.1, 0.15) is 5.75 Å². The van der Waals surface area contributed by atoms with Crippen LogP contribution in [-0.4, -0.2) is 25.2 Å². The van der Waals surface area contributed by atoms with Gasteiger partial charge >= 0.3 is 12.6 Å². The summed E-state index contributed by atoms with van der Waals surface area (Å²) in [5.41, 5.74) is 0.709. The maximum Gasteiger partial charge on any atom is 0.387 e. The molecule has 0 amide bonds. The molecule has 0 heterocycles. The van der Waals surface area contributed by atoms with Gasteiger partial charge in [-0.05, 0) is 38.7 Å². The number of benzene rings is 1. The van der Waals surface area contributed by atoms with Crippen LogP contribution in [0.4, 0.5) is 8.78 Å². The van der Waals surface area contributed by atoms with Crippen LogP contribution in [0.25, 0.3) is 0 Å². The van der Waals surface area contributed by atoms with Gasteiger partial charge in [-0.25, -0.2) is 0 Å². The molecule has 4 nitrogen and oxygen atoms in total. The van der Waals surface area contributed by atoms with Gasteiger partial charge in [-0.1, -0.05) is 18.2 Å². The van der Waals surface area contributed by atoms with Crippen LogP contribution in [0.2, 0.25) is 0 Å². The largest absolute Gasteiger partial charge is 0.466 e. The average Bonchev–Trinajstić information content (AvgIpc) is 2.54. The number of carbonyl (C=O) groups is 1. The maximum absolute atomic E-state index is 12.4. The molecule has 1 aromatic rings. The van der Waals surface area contributed by atoms with Gasteiger partial charge in [0.2, 0.25) is 0 Å². The molecule has 0 saturated heterocycles. The minimum absolute atomic E-state index is 0.0116. The Kier molecular flexibility index (Phi) is 6.77. The van der Waals surface area contributed by atoms with Crippen molar-refractivity contribution in [1.29, 1.82) is 0 Å². The van der Waals surface area contributed by atoms with E-state index in [-0.39, 0.29) is 23.7 Å². The SMILES string of the molecule is CCOC(=O)C1CCC(NCc2ccccc2OC(F)F)CC1. The van der Waals surface area contributed by atoms with Crippen LogP contribution in [0.5, 0.6) is 5.75 Å². The normalized spacial score (nSPS) is 21.2. The molecule has 0 aliphatic heterocycles. The molecule has 0 aromatic heterocycles. The van der Waals surface area contributed by atoms with Crippen molar-refractivity contribution < 1.29 is 23.0 Å². The van der Waals surface area contributed by atoms with Gasteiger partial charge in [-0.15, -0.1) is 0 Å². The highest BCUT2D eigenvalue weighted by atomic mass is 19.3. The van der Waals surface area contributed by atoms with Gasteiger partial charge in [0, 0.05) is 18.2 Å². The molecule has 128 valence electrons. The lowest BCUT2D eigenvalue weighted by Crippen LogP contribution is -2.35. The minimum Gasteiger partial charge on any atom is -0.466 e. The first-order chi connectivity index (χ1) is 11.1. The van der Waals surface area contributed by atoms with Crippen molar-refractivity contribution in [2.24, 2.45) is 5.92 Å². The van der Waals surface area contributed by atoms with E-state index >= 15 is 0 Å². The highest BCUT2D eigenvalue weighted by Crippen LogP contribution is 2.26. The zero-order chi connectivity index (χ0) is 16.7. The molecule has 23 heavy (non-hydrogen) atoms. The molecule has 1 fully saturated rings. The van der Waals surface area contributed by atoms with Crippen LogP contribution in [0.1, 0.15) is 38.2 Å². The number of alkyl halides is 2. The van der Waals surface area contributed by atoms with Crippen LogP contribution >= 0.6 is 0 Å². The summed E-state index contributed by atoms with van der Waals surface area (Å²) in [7, 11) is 0. The molecule has 2 rings (SSSR count). The number of rotatable bonds is 7. The van der Waals surface area contributed by atoms with Crippen molar-refractivity contribution in [3.8, 4) is 5.75 Å². The predicted octanol–water partition coefficient (Wildman–Crippen LogP) is 3.50. The molecular weight excluding hydrogens is 304 g/mol. The highest BCUT2D eigenvalue weighted by molar-refractivity contribution is 5.72. The van der Waals surface area contributed by atoms with Crippen LogP contribution in [0.15, 0.2) is 24.3 Å². The summed E-state index contributed by atoms with van der Waals surface area (Å²) in [6.45, 7) is -0.129. The zero-order valence-electron chi connectivity index (χ0n) is 13.3. The maximum atomic E-state index is 12.4. The molecule has 6 heteroatoms. The van der Waals surface area contributed by atoms with Crippen LogP contribution < -0.4 is 10.1 Å². The Hall–Kier alpha value is -1.69. The monoisotopic (exact) mass is 327 g/mol. The van der Waals surface area contributed by atoms with E-state index in [4.69, 9.17) is 4.74 Å². The van der Waals surface area contributed by atoms with Crippen molar-refractivity contribution in [2.45, 2.75) is 51.8 Å². The number of carbonyl (C=O) groups excluding carboxylic acids is 1. The molecule has 0 radical (unpaired) electrons. The van der Waals surface area contributed by atoms with E-state index in [1.54, 1.807) is 24.3 Å². The first-order valence-electron chi connectivity index (χ1n) is 8.03. The number of hydrogen-bond donors (Lipinski definition) is 1. The van der Waals surface area contributed by atoms with Crippen molar-refractivity contribution >= 4 is 5.97 Å². The Morgan fingerprint density at radius 1 is 1.26 bits per heavy atom. The first-order valence-corrected chi connectivity index (χ1v) is 8.03. The Labute approximate surface area is 135 Å². The fourth-order valence-corrected chi connectivity index (χ4v) is 2.91. The second kappa shape index (κ2) is 8.82. The van der Waals surface area contributed by atoms with Gasteiger partial charge < -0.3 is 14.8 Å². The van der Waals surface area contributed by atoms with E-state index in [2.05, 4.69) is 10.1 Å². The lowest BCUT2D eigenvalue weighted by Gasteiger charge is -2.28. The molecular formula is C17H23F2NO3. The van der Waals surface area contributed by atoms with Crippen LogP contribution in [0.3, 0.4) is 0 Å². The number of halogens is 2. The van der Waals surface area contributed by atoms with E-state index in [9.17, 15) is 13.6 Å². The predicted molar refractivity (Wildman–Crippen MR) is 82.3 cm³/mol. The number of para-hydroxylation sites is 1. The van der Waals surface area contributed by atoms with Crippen molar-refractivity contribution in [1.82, 2.24) is 5.32 Å². The quantitative estimate of drug-likeness (QED) is 0.779. The Morgan fingerprint density at radius 3 is 2.61 bits per heavy atom. The first kappa shape index (κ1) is 17.7. The van der Waals surface area contributed by atoms with E-state index in [1.165, 1.54) is 0 Å². The topological polar surface area (TPSA) is 47.6 Å². The van der Waals surface area contributed by atoms with E-state index < -0.39 is 6.61 Å². The average molecular weight is 327 g/mol. The van der Waals surface area contributed by atoms with Crippen molar-refractivity contribution in [3.05, 3.63) is 29.8 Å². The third-order valence-electron chi connectivity index (χ3n) is 4.12. The van der Waals surface area contributed by atoms with E-state index in [1.807, 2.05) is 6.92 Å². The molecule has 1 aliphatic rings. The fourth-order valence-electron chi connectivity index (χ4n) is 2.91. The molecule has 1 N–H and O–H groups in total. The molecule has 0 spiro atoms. The number of hydrogen-bond acceptors (Lipinski definition) is 4. The van der Waals surface area contributed by atoms with E-state index in [0.29, 0.717) is 18.7 Å². The number of ether oxygens (including phenoxy) is 2. The molecule has 0 unspecified atom stereocenters. The lowest BCUT2D eigenvalue weighted by molar-refractivity contribution is -0.149. The third kappa shape index (κ3) is 5.46. The summed E-state index contributed by atoms with van der Waals surface area (Å²) >= 11 is 0. The Balaban J connectivity index is 1.81. The van der Waals surface area contributed by atoms with E-state index in [0.717, 1.165) is 25.7 Å². The number of esters is 1. The minimum atomic E-state index is -2.82. The van der Waals surface area contributed by atoms with Crippen LogP contribution in [-0.2, 0) is 16.1 Å². The zero-order valence-corrected chi connectivity index (χ0v) is 13.3. The second-order valence-electron chi connectivity index (χ2n) is 5.67. The summed E-state index contributed by atoms with van der Waals surface area (Å²) < 4.78 is 34.4. The van der Waals surface area contributed by atoms with Gasteiger partial charge in [0.25, 0.3) is 0 Å². The molecule has 0 atom stereocenters. The number of nitrogens with one attached hydrogen (secondary N) is 1. The van der Waals surface area contributed by atoms with Gasteiger partial charge in [0.05, 0.1) is 12.5 Å². The molecule has 0 bridgehead atoms. The van der Waals surface area contributed by atoms with Gasteiger partial charge in [-0.2, -0.15) is 8.78 Å². The molecule has 1 aromatic carbocycles. The van der Waals surface area contributed by atoms with Crippen molar-refractivity contribution in [3.63, 3.8) is 0 Å². The van der Waals surface area contributed by atoms with Crippen molar-refractivity contribution in [2.75, 3.05) is 6.61 Å². The lowest BCUT2D eigenvalue weighted by atomic mass is 9.86. The summed E-state index contributed by atoms with van der Waals surface area (Å²) in [4.78, 5) is 11.7. The Bertz CT molecular complexity index is 502. The Morgan fingerprint density at radius 2 is 1.96 bits per heavy atom. The van der Waals surface area contributed by atoms with Gasteiger partial charge in [-0.3, -0.25) is 4.79 Å². The molecule has 1 saturated carbocycles. The highest BCUT2D eigenvalue weighted by Gasteiger charge is 2.27. The smallest absolute Gasteiger partial charge is 0.387 e. The molecule has 1 aliphatic carbocycles. The van der Waals surface area contributed by atoms with Crippen LogP contribution in [0, 0.1) is 5.92 Å². The summed E-state index contributed by atoms with van der Waals surface area (Å²) in [6.07, 6.45) is 3.35. The third-order valence-corrected chi connectivity index (χ3v) is 4.12. The fraction of sp³-hybridized carbons (Fsp3) is 0.588. The summed E-state index contributed by atoms with van der Waals surface area (Å²) in [5.74, 6) is 0.0827. The second-order valence-corrected chi connectivity index (χ2v) is 5.67. The standard InChI is InChI=1S/C17H23F2NO3/c1-2-22-16(21)12-7-9-14(10-8-12)20-11-13-5-3-4-6-15(13)23-17(18)19/h3-6,12,14,17,20H,2,7-11H2,1H3. The summed E-state index contributed by atoms with van der Waals surface area (Å²) in [6, 6.07) is 7.06. The summed E-state index contributed by atoms with van der Waals surface area (Å²) in [5, 5.41) is 3.37. The van der Waals surface area contributed by atoms with Gasteiger partial charge in [0.15, 0.2) is 0 Å².